The molecule has 1 aromatic rings. The Morgan fingerprint density at radius 2 is 2.28 bits per heavy atom. The Balaban J connectivity index is 1.91. The zero-order valence-corrected chi connectivity index (χ0v) is 10.9. The van der Waals surface area contributed by atoms with Crippen molar-refractivity contribution in [2.24, 2.45) is 0 Å². The van der Waals surface area contributed by atoms with E-state index >= 15 is 0 Å². The Bertz CT molecular complexity index is 401. The van der Waals surface area contributed by atoms with Crippen LogP contribution in [0.3, 0.4) is 0 Å². The molecular weight excluding hydrogens is 234 g/mol. The maximum absolute atomic E-state index is 11.5. The van der Waals surface area contributed by atoms with Crippen molar-refractivity contribution >= 4 is 5.97 Å². The molecule has 1 heterocycles. The van der Waals surface area contributed by atoms with Crippen molar-refractivity contribution in [1.82, 2.24) is 15.0 Å². The van der Waals surface area contributed by atoms with Gasteiger partial charge in [-0.05, 0) is 19.8 Å². The third kappa shape index (κ3) is 3.53. The van der Waals surface area contributed by atoms with Crippen LogP contribution in [-0.2, 0) is 22.5 Å². The van der Waals surface area contributed by atoms with Crippen molar-refractivity contribution in [3.8, 4) is 0 Å². The van der Waals surface area contributed by atoms with Gasteiger partial charge in [-0.3, -0.25) is 9.69 Å². The largest absolute Gasteiger partial charge is 0.465 e. The maximum atomic E-state index is 11.5. The molecule has 0 aliphatic heterocycles. The Hall–Kier alpha value is -1.43. The van der Waals surface area contributed by atoms with E-state index in [0.717, 1.165) is 19.3 Å². The van der Waals surface area contributed by atoms with Crippen LogP contribution in [0.15, 0.2) is 4.52 Å². The molecule has 6 heteroatoms. The molecular formula is C12H19N3O3. The second kappa shape index (κ2) is 5.95. The van der Waals surface area contributed by atoms with Gasteiger partial charge in [0.2, 0.25) is 5.89 Å². The zero-order valence-electron chi connectivity index (χ0n) is 10.9. The van der Waals surface area contributed by atoms with Gasteiger partial charge in [0, 0.05) is 12.5 Å². The van der Waals surface area contributed by atoms with Gasteiger partial charge in [-0.25, -0.2) is 0 Å². The topological polar surface area (TPSA) is 68.5 Å². The fourth-order valence-electron chi connectivity index (χ4n) is 1.80. The highest BCUT2D eigenvalue weighted by Gasteiger charge is 2.31. The van der Waals surface area contributed by atoms with Crippen LogP contribution in [0.1, 0.15) is 38.4 Å². The lowest BCUT2D eigenvalue weighted by atomic mass is 10.4. The van der Waals surface area contributed by atoms with Crippen LogP contribution >= 0.6 is 0 Å². The van der Waals surface area contributed by atoms with Crippen molar-refractivity contribution in [2.45, 2.75) is 45.7 Å². The molecule has 0 amide bonds. The van der Waals surface area contributed by atoms with Gasteiger partial charge < -0.3 is 9.26 Å². The first-order chi connectivity index (χ1) is 8.72. The SMILES string of the molecule is CCOC(=O)CN(Cc1nc(CC)no1)C1CC1. The number of carbonyl (C=O) groups excluding carboxylic acids is 1. The van der Waals surface area contributed by atoms with Crippen LogP contribution in [0, 0.1) is 0 Å². The lowest BCUT2D eigenvalue weighted by Gasteiger charge is -2.18. The summed E-state index contributed by atoms with van der Waals surface area (Å²) in [6.45, 7) is 5.02. The fraction of sp³-hybridized carbons (Fsp3) is 0.750. The number of hydrogen-bond donors (Lipinski definition) is 0. The van der Waals surface area contributed by atoms with Crippen molar-refractivity contribution in [1.29, 1.82) is 0 Å². The number of rotatable bonds is 7. The molecule has 0 radical (unpaired) electrons. The molecule has 1 fully saturated rings. The minimum Gasteiger partial charge on any atom is -0.465 e. The number of nitrogens with zero attached hydrogens (tertiary/aromatic N) is 3. The molecule has 6 nitrogen and oxygen atoms in total. The van der Waals surface area contributed by atoms with E-state index in [4.69, 9.17) is 9.26 Å². The predicted octanol–water partition coefficient (Wildman–Crippen LogP) is 1.16. The number of aromatic nitrogens is 2. The van der Waals surface area contributed by atoms with Gasteiger partial charge in [0.05, 0.1) is 19.7 Å². The molecule has 0 aromatic carbocycles. The van der Waals surface area contributed by atoms with E-state index in [-0.39, 0.29) is 5.97 Å². The summed E-state index contributed by atoms with van der Waals surface area (Å²) in [6.07, 6.45) is 2.99. The van der Waals surface area contributed by atoms with Crippen LogP contribution in [0.2, 0.25) is 0 Å². The van der Waals surface area contributed by atoms with E-state index < -0.39 is 0 Å². The molecule has 100 valence electrons. The Morgan fingerprint density at radius 1 is 1.50 bits per heavy atom. The molecule has 2 rings (SSSR count). The number of esters is 1. The van der Waals surface area contributed by atoms with E-state index in [1.807, 2.05) is 18.7 Å². The quantitative estimate of drug-likeness (QED) is 0.679. The fourth-order valence-corrected chi connectivity index (χ4v) is 1.80. The third-order valence-corrected chi connectivity index (χ3v) is 2.87. The normalized spacial score (nSPS) is 15.1. The highest BCUT2D eigenvalue weighted by Crippen LogP contribution is 2.27. The minimum absolute atomic E-state index is 0.195. The van der Waals surface area contributed by atoms with Crippen LogP contribution in [0.5, 0.6) is 0 Å². The van der Waals surface area contributed by atoms with Gasteiger partial charge in [0.1, 0.15) is 0 Å². The maximum Gasteiger partial charge on any atom is 0.320 e. The minimum atomic E-state index is -0.195. The first-order valence-electron chi connectivity index (χ1n) is 6.44. The zero-order chi connectivity index (χ0) is 13.0. The van der Waals surface area contributed by atoms with Crippen LogP contribution in [0.4, 0.5) is 0 Å². The molecule has 0 unspecified atom stereocenters. The second-order valence-corrected chi connectivity index (χ2v) is 4.40. The number of aryl methyl sites for hydroxylation is 1. The van der Waals surface area contributed by atoms with Crippen molar-refractivity contribution in [3.63, 3.8) is 0 Å². The highest BCUT2D eigenvalue weighted by atomic mass is 16.5. The van der Waals surface area contributed by atoms with Crippen molar-refractivity contribution < 1.29 is 14.1 Å². The Labute approximate surface area is 106 Å². The van der Waals surface area contributed by atoms with Gasteiger partial charge in [-0.1, -0.05) is 12.1 Å². The third-order valence-electron chi connectivity index (χ3n) is 2.87. The van der Waals surface area contributed by atoms with Gasteiger partial charge in [0.15, 0.2) is 5.82 Å². The first-order valence-corrected chi connectivity index (χ1v) is 6.44. The Morgan fingerprint density at radius 3 is 2.83 bits per heavy atom. The molecule has 0 spiro atoms. The highest BCUT2D eigenvalue weighted by molar-refractivity contribution is 5.71. The molecule has 18 heavy (non-hydrogen) atoms. The van der Waals surface area contributed by atoms with E-state index in [1.54, 1.807) is 0 Å². The molecule has 1 aromatic heterocycles. The molecule has 0 N–H and O–H groups in total. The molecule has 1 aliphatic rings. The van der Waals surface area contributed by atoms with Crippen LogP contribution in [-0.4, -0.2) is 40.2 Å². The lowest BCUT2D eigenvalue weighted by molar-refractivity contribution is -0.144. The van der Waals surface area contributed by atoms with E-state index in [0.29, 0.717) is 37.5 Å². The Kier molecular flexibility index (Phi) is 4.30. The van der Waals surface area contributed by atoms with Gasteiger partial charge >= 0.3 is 5.97 Å². The van der Waals surface area contributed by atoms with E-state index in [9.17, 15) is 4.79 Å². The summed E-state index contributed by atoms with van der Waals surface area (Å²) in [5.41, 5.74) is 0. The molecule has 1 aliphatic carbocycles. The number of hydrogen-bond acceptors (Lipinski definition) is 6. The summed E-state index contributed by atoms with van der Waals surface area (Å²) in [5.74, 6) is 1.08. The van der Waals surface area contributed by atoms with Crippen LogP contribution < -0.4 is 0 Å². The second-order valence-electron chi connectivity index (χ2n) is 4.40. The summed E-state index contributed by atoms with van der Waals surface area (Å²) in [4.78, 5) is 17.8. The standard InChI is InChI=1S/C12H19N3O3/c1-3-10-13-11(18-14-10)7-15(9-5-6-9)8-12(16)17-4-2/h9H,3-8H2,1-2H3. The summed E-state index contributed by atoms with van der Waals surface area (Å²) in [5, 5.41) is 3.85. The summed E-state index contributed by atoms with van der Waals surface area (Å²) < 4.78 is 10.1. The number of ether oxygens (including phenoxy) is 1. The number of carbonyl (C=O) groups is 1. The molecule has 1 saturated carbocycles. The smallest absolute Gasteiger partial charge is 0.320 e. The molecule has 0 bridgehead atoms. The molecule has 0 saturated heterocycles. The summed E-state index contributed by atoms with van der Waals surface area (Å²) in [7, 11) is 0. The van der Waals surface area contributed by atoms with Gasteiger partial charge in [-0.15, -0.1) is 0 Å². The predicted molar refractivity (Wildman–Crippen MR) is 63.7 cm³/mol. The van der Waals surface area contributed by atoms with Gasteiger partial charge in [0.25, 0.3) is 0 Å². The van der Waals surface area contributed by atoms with Crippen LogP contribution in [0.25, 0.3) is 0 Å². The van der Waals surface area contributed by atoms with E-state index in [1.165, 1.54) is 0 Å². The summed E-state index contributed by atoms with van der Waals surface area (Å²) >= 11 is 0. The van der Waals surface area contributed by atoms with Crippen molar-refractivity contribution in [3.05, 3.63) is 11.7 Å². The average molecular weight is 253 g/mol. The first kappa shape index (κ1) is 13.0. The summed E-state index contributed by atoms with van der Waals surface area (Å²) in [6, 6.07) is 0.450. The van der Waals surface area contributed by atoms with Gasteiger partial charge in [-0.2, -0.15) is 4.98 Å². The lowest BCUT2D eigenvalue weighted by Crippen LogP contribution is -2.32. The molecule has 0 atom stereocenters. The monoisotopic (exact) mass is 253 g/mol. The average Bonchev–Trinajstić information content (AvgIpc) is 3.10. The van der Waals surface area contributed by atoms with Crippen molar-refractivity contribution in [2.75, 3.05) is 13.2 Å². The van der Waals surface area contributed by atoms with E-state index in [2.05, 4.69) is 10.1 Å².